The Bertz CT molecular complexity index is 3120. The number of aromatic nitrogens is 2. The summed E-state index contributed by atoms with van der Waals surface area (Å²) in [5.41, 5.74) is 13.6. The van der Waals surface area contributed by atoms with E-state index >= 15 is 0 Å². The first kappa shape index (κ1) is 37.4. The van der Waals surface area contributed by atoms with Crippen molar-refractivity contribution in [2.24, 2.45) is 0 Å². The highest BCUT2D eigenvalue weighted by atomic mass is 14.8. The third-order valence-electron chi connectivity index (χ3n) is 12.1. The van der Waals surface area contributed by atoms with Crippen LogP contribution in [0.15, 0.2) is 182 Å². The number of hydrogen-bond acceptors (Lipinski definition) is 2. The molecule has 2 nitrogen and oxygen atoms in total. The molecule has 0 spiro atoms. The highest BCUT2D eigenvalue weighted by Crippen LogP contribution is 2.46. The van der Waals surface area contributed by atoms with Gasteiger partial charge in [0.05, 0.1) is 17.1 Å². The minimum absolute atomic E-state index is 0.0108. The van der Waals surface area contributed by atoms with Crippen LogP contribution >= 0.6 is 0 Å². The summed E-state index contributed by atoms with van der Waals surface area (Å²) in [6.07, 6.45) is 1.83. The summed E-state index contributed by atoms with van der Waals surface area (Å²) in [7, 11) is 0. The molecule has 0 saturated carbocycles. The Morgan fingerprint density at radius 3 is 1.07 bits per heavy atom. The molecule has 0 N–H and O–H groups in total. The Hall–Kier alpha value is -6.90. The van der Waals surface area contributed by atoms with Crippen LogP contribution in [0.2, 0.25) is 0 Å². The zero-order chi connectivity index (χ0) is 41.2. The lowest BCUT2D eigenvalue weighted by molar-refractivity contribution is 0.601. The zero-order valence-corrected chi connectivity index (χ0v) is 35.2. The van der Waals surface area contributed by atoms with E-state index < -0.39 is 0 Å². The molecule has 290 valence electrons. The third kappa shape index (κ3) is 6.35. The molecule has 0 amide bonds. The first-order chi connectivity index (χ1) is 29.1. The Kier molecular flexibility index (Phi) is 8.99. The van der Waals surface area contributed by atoms with E-state index in [0.29, 0.717) is 0 Å². The topological polar surface area (TPSA) is 25.8 Å². The second-order valence-corrected chi connectivity index (χ2v) is 18.1. The molecular formula is C58H48N2. The summed E-state index contributed by atoms with van der Waals surface area (Å²) in [4.78, 5) is 10.0. The van der Waals surface area contributed by atoms with Crippen molar-refractivity contribution in [2.75, 3.05) is 0 Å². The molecule has 0 aliphatic carbocycles. The number of hydrogen-bond donors (Lipinski definition) is 0. The maximum Gasteiger partial charge on any atom is 0.0894 e. The van der Waals surface area contributed by atoms with Crippen LogP contribution in [0.25, 0.3) is 99.1 Å². The van der Waals surface area contributed by atoms with Crippen molar-refractivity contribution in [3.05, 3.63) is 193 Å². The largest absolute Gasteiger partial charge is 0.255 e. The number of fused-ring (bicyclic) bond motifs is 4. The van der Waals surface area contributed by atoms with Gasteiger partial charge in [-0.2, -0.15) is 0 Å². The van der Waals surface area contributed by atoms with Crippen LogP contribution in [-0.2, 0) is 10.8 Å². The first-order valence-corrected chi connectivity index (χ1v) is 21.1. The second-order valence-electron chi connectivity index (χ2n) is 18.1. The van der Waals surface area contributed by atoms with E-state index in [1.165, 1.54) is 76.5 Å². The van der Waals surface area contributed by atoms with Gasteiger partial charge in [0, 0.05) is 17.3 Å². The standard InChI is InChI=1S/C58H48N2/c1-57(2,3)54-46-21-11-7-17-42(46)52(43-18-8-12-22-47(43)54)38-28-26-37(27-29-38)41-34-35-51(50-25-15-16-36-59-50)60-56(41)40-32-30-39(31-33-40)53-44-19-9-13-23-48(44)55(58(4,5)6)49-24-14-10-20-45(49)53/h7-36H,1-6H3. The minimum Gasteiger partial charge on any atom is -0.255 e. The van der Waals surface area contributed by atoms with E-state index in [0.717, 1.165) is 33.8 Å². The molecule has 0 saturated heterocycles. The Balaban J connectivity index is 1.12. The number of pyridine rings is 2. The molecule has 8 aromatic carbocycles. The molecule has 10 rings (SSSR count). The van der Waals surface area contributed by atoms with Gasteiger partial charge in [0.1, 0.15) is 0 Å². The maximum atomic E-state index is 5.36. The summed E-state index contributed by atoms with van der Waals surface area (Å²) in [5.74, 6) is 0. The van der Waals surface area contributed by atoms with Crippen LogP contribution in [0.5, 0.6) is 0 Å². The van der Waals surface area contributed by atoms with E-state index in [9.17, 15) is 0 Å². The summed E-state index contributed by atoms with van der Waals surface area (Å²) in [6.45, 7) is 13.9. The molecule has 2 heteroatoms. The van der Waals surface area contributed by atoms with Crippen LogP contribution < -0.4 is 0 Å². The number of nitrogens with zero attached hydrogens (tertiary/aromatic N) is 2. The monoisotopic (exact) mass is 772 g/mol. The maximum absolute atomic E-state index is 5.36. The van der Waals surface area contributed by atoms with Gasteiger partial charge in [-0.15, -0.1) is 0 Å². The van der Waals surface area contributed by atoms with Crippen LogP contribution in [0.3, 0.4) is 0 Å². The summed E-state index contributed by atoms with van der Waals surface area (Å²) in [6, 6.07) is 64.1. The van der Waals surface area contributed by atoms with Gasteiger partial charge >= 0.3 is 0 Å². The first-order valence-electron chi connectivity index (χ1n) is 21.1. The van der Waals surface area contributed by atoms with Gasteiger partial charge in [-0.25, -0.2) is 4.98 Å². The van der Waals surface area contributed by atoms with Crippen molar-refractivity contribution in [1.82, 2.24) is 9.97 Å². The second kappa shape index (κ2) is 14.4. The highest BCUT2D eigenvalue weighted by Gasteiger charge is 2.25. The SMILES string of the molecule is CC(C)(C)c1c2ccccc2c(-c2ccc(-c3ccc(-c4ccccn4)nc3-c3ccc(-c4c5ccccc5c(C(C)(C)C)c5ccccc45)cc3)cc2)c2ccccc12. The average Bonchev–Trinajstić information content (AvgIpc) is 3.26. The van der Waals surface area contributed by atoms with Crippen molar-refractivity contribution in [3.8, 4) is 56.0 Å². The smallest absolute Gasteiger partial charge is 0.0894 e. The molecule has 2 heterocycles. The van der Waals surface area contributed by atoms with Crippen LogP contribution in [0, 0.1) is 0 Å². The molecule has 60 heavy (non-hydrogen) atoms. The normalized spacial score (nSPS) is 12.2. The average molecular weight is 773 g/mol. The lowest BCUT2D eigenvalue weighted by Crippen LogP contribution is -2.13. The van der Waals surface area contributed by atoms with Gasteiger partial charge in [-0.05, 0) is 117 Å². The van der Waals surface area contributed by atoms with Crippen molar-refractivity contribution >= 4 is 43.1 Å². The van der Waals surface area contributed by atoms with Gasteiger partial charge in [-0.1, -0.05) is 193 Å². The summed E-state index contributed by atoms with van der Waals surface area (Å²) in [5, 5.41) is 10.4. The lowest BCUT2D eigenvalue weighted by atomic mass is 9.78. The molecule has 0 unspecified atom stereocenters. The quantitative estimate of drug-likeness (QED) is 0.163. The Morgan fingerprint density at radius 2 is 0.683 bits per heavy atom. The van der Waals surface area contributed by atoms with Gasteiger partial charge < -0.3 is 0 Å². The third-order valence-corrected chi connectivity index (χ3v) is 12.1. The summed E-state index contributed by atoms with van der Waals surface area (Å²) >= 11 is 0. The fourth-order valence-corrected chi connectivity index (χ4v) is 9.68. The number of rotatable bonds is 5. The molecular weight excluding hydrogens is 725 g/mol. The predicted molar refractivity (Wildman–Crippen MR) is 257 cm³/mol. The predicted octanol–water partition coefficient (Wildman–Crippen LogP) is 16.0. The van der Waals surface area contributed by atoms with E-state index in [2.05, 4.69) is 204 Å². The van der Waals surface area contributed by atoms with E-state index in [1.54, 1.807) is 0 Å². The van der Waals surface area contributed by atoms with Crippen molar-refractivity contribution in [3.63, 3.8) is 0 Å². The van der Waals surface area contributed by atoms with Crippen LogP contribution in [-0.4, -0.2) is 9.97 Å². The van der Waals surface area contributed by atoms with Crippen molar-refractivity contribution in [1.29, 1.82) is 0 Å². The molecule has 0 radical (unpaired) electrons. The lowest BCUT2D eigenvalue weighted by Gasteiger charge is -2.26. The molecule has 2 aromatic heterocycles. The minimum atomic E-state index is -0.0149. The zero-order valence-electron chi connectivity index (χ0n) is 35.2. The molecule has 0 aliphatic rings. The molecule has 10 aromatic rings. The van der Waals surface area contributed by atoms with Crippen molar-refractivity contribution in [2.45, 2.75) is 52.4 Å². The molecule has 0 bridgehead atoms. The fourth-order valence-electron chi connectivity index (χ4n) is 9.68. The van der Waals surface area contributed by atoms with E-state index in [4.69, 9.17) is 4.98 Å². The van der Waals surface area contributed by atoms with Gasteiger partial charge in [-0.3, -0.25) is 4.98 Å². The number of benzene rings is 8. The van der Waals surface area contributed by atoms with E-state index in [-0.39, 0.29) is 10.8 Å². The fraction of sp³-hybridized carbons (Fsp3) is 0.138. The molecule has 0 atom stereocenters. The summed E-state index contributed by atoms with van der Waals surface area (Å²) < 4.78 is 0. The highest BCUT2D eigenvalue weighted by molar-refractivity contribution is 6.17. The molecule has 0 fully saturated rings. The Morgan fingerprint density at radius 1 is 0.317 bits per heavy atom. The van der Waals surface area contributed by atoms with Crippen LogP contribution in [0.1, 0.15) is 52.7 Å². The van der Waals surface area contributed by atoms with Crippen LogP contribution in [0.4, 0.5) is 0 Å². The van der Waals surface area contributed by atoms with E-state index in [1.807, 2.05) is 24.4 Å². The Labute approximate surface area is 353 Å². The van der Waals surface area contributed by atoms with Gasteiger partial charge in [0.25, 0.3) is 0 Å². The van der Waals surface area contributed by atoms with Gasteiger partial charge in [0.2, 0.25) is 0 Å². The van der Waals surface area contributed by atoms with Crippen molar-refractivity contribution < 1.29 is 0 Å². The molecule has 0 aliphatic heterocycles. The van der Waals surface area contributed by atoms with Gasteiger partial charge in [0.15, 0.2) is 0 Å².